The third-order valence-electron chi connectivity index (χ3n) is 5.86. The van der Waals surface area contributed by atoms with Gasteiger partial charge in [-0.1, -0.05) is 65.2 Å². The number of ether oxygens (including phenoxy) is 1. The highest BCUT2D eigenvalue weighted by molar-refractivity contribution is 5.89. The summed E-state index contributed by atoms with van der Waals surface area (Å²) in [6.45, 7) is 9.39. The number of benzene rings is 1. The van der Waals surface area contributed by atoms with E-state index in [0.29, 0.717) is 11.0 Å². The van der Waals surface area contributed by atoms with Gasteiger partial charge in [-0.2, -0.15) is 0 Å². The molecule has 1 aliphatic carbocycles. The van der Waals surface area contributed by atoms with E-state index in [1.807, 2.05) is 30.3 Å². The number of carbonyl (C=O) groups excluding carboxylic acids is 1. The molecule has 1 aromatic rings. The molecule has 0 heterocycles. The smallest absolute Gasteiger partial charge is 0.338 e. The zero-order valence-corrected chi connectivity index (χ0v) is 15.9. The molecule has 0 N–H and O–H groups in total. The standard InChI is InChI=1S/C22H34O2/c1-5-10-19(24-21(23)18-12-7-6-8-13-18)14-15-20-17(2)11-9-16-22(20,3)4/h6-8,12-13,17,19-20H,5,9-11,14-16H2,1-4H3/t17-,19?,20+/m0/s1. The minimum Gasteiger partial charge on any atom is -0.459 e. The minimum absolute atomic E-state index is 0.0487. The van der Waals surface area contributed by atoms with Gasteiger partial charge in [-0.15, -0.1) is 0 Å². The summed E-state index contributed by atoms with van der Waals surface area (Å²) in [6, 6.07) is 9.36. The molecule has 2 nitrogen and oxygen atoms in total. The van der Waals surface area contributed by atoms with Crippen LogP contribution in [-0.4, -0.2) is 12.1 Å². The fraction of sp³-hybridized carbons (Fsp3) is 0.682. The maximum absolute atomic E-state index is 12.4. The lowest BCUT2D eigenvalue weighted by atomic mass is 9.62. The van der Waals surface area contributed by atoms with Crippen molar-refractivity contribution < 1.29 is 9.53 Å². The van der Waals surface area contributed by atoms with Gasteiger partial charge in [-0.05, 0) is 55.1 Å². The van der Waals surface area contributed by atoms with Gasteiger partial charge in [0.05, 0.1) is 5.56 Å². The molecule has 0 amide bonds. The van der Waals surface area contributed by atoms with Gasteiger partial charge >= 0.3 is 5.97 Å². The third kappa shape index (κ3) is 5.09. The number of rotatable bonds is 7. The first-order valence-electron chi connectivity index (χ1n) is 9.70. The molecule has 0 bridgehead atoms. The number of esters is 1. The maximum atomic E-state index is 12.4. The topological polar surface area (TPSA) is 26.3 Å². The zero-order chi connectivity index (χ0) is 17.6. The fourth-order valence-electron chi connectivity index (χ4n) is 4.45. The molecule has 0 spiro atoms. The van der Waals surface area contributed by atoms with Crippen LogP contribution >= 0.6 is 0 Å². The van der Waals surface area contributed by atoms with E-state index in [9.17, 15) is 4.79 Å². The second-order valence-electron chi connectivity index (χ2n) is 8.22. The van der Waals surface area contributed by atoms with Crippen molar-refractivity contribution in [1.29, 1.82) is 0 Å². The van der Waals surface area contributed by atoms with Crippen LogP contribution in [-0.2, 0) is 4.74 Å². The highest BCUT2D eigenvalue weighted by Crippen LogP contribution is 2.46. The van der Waals surface area contributed by atoms with Crippen molar-refractivity contribution in [1.82, 2.24) is 0 Å². The van der Waals surface area contributed by atoms with Crippen LogP contribution in [0.4, 0.5) is 0 Å². The van der Waals surface area contributed by atoms with E-state index in [0.717, 1.165) is 31.1 Å². The van der Waals surface area contributed by atoms with E-state index in [1.54, 1.807) is 0 Å². The summed E-state index contributed by atoms with van der Waals surface area (Å²) in [5.41, 5.74) is 1.07. The van der Waals surface area contributed by atoms with Crippen LogP contribution in [0.15, 0.2) is 30.3 Å². The fourth-order valence-corrected chi connectivity index (χ4v) is 4.45. The molecule has 0 radical (unpaired) electrons. The third-order valence-corrected chi connectivity index (χ3v) is 5.86. The summed E-state index contributed by atoms with van der Waals surface area (Å²) >= 11 is 0. The average molecular weight is 331 g/mol. The van der Waals surface area contributed by atoms with Gasteiger partial charge in [0.2, 0.25) is 0 Å². The molecule has 1 aromatic carbocycles. The van der Waals surface area contributed by atoms with Gasteiger partial charge in [-0.3, -0.25) is 0 Å². The number of carbonyl (C=O) groups is 1. The Morgan fingerprint density at radius 3 is 2.58 bits per heavy atom. The van der Waals surface area contributed by atoms with Gasteiger partial charge in [0.15, 0.2) is 0 Å². The van der Waals surface area contributed by atoms with Gasteiger partial charge in [-0.25, -0.2) is 4.79 Å². The SMILES string of the molecule is CCCC(CC[C@@H]1[C@@H](C)CCCC1(C)C)OC(=O)c1ccccc1. The molecular weight excluding hydrogens is 296 g/mol. The summed E-state index contributed by atoms with van der Waals surface area (Å²) < 4.78 is 5.83. The Balaban J connectivity index is 1.94. The van der Waals surface area contributed by atoms with Crippen LogP contribution in [0.5, 0.6) is 0 Å². The van der Waals surface area contributed by atoms with E-state index in [4.69, 9.17) is 4.74 Å². The Morgan fingerprint density at radius 2 is 1.96 bits per heavy atom. The summed E-state index contributed by atoms with van der Waals surface area (Å²) in [6.07, 6.45) is 8.24. The van der Waals surface area contributed by atoms with Gasteiger partial charge < -0.3 is 4.74 Å². The molecule has 1 fully saturated rings. The van der Waals surface area contributed by atoms with Crippen molar-refractivity contribution >= 4 is 5.97 Å². The van der Waals surface area contributed by atoms with Gasteiger partial charge in [0.1, 0.15) is 6.10 Å². The first kappa shape index (κ1) is 19.0. The number of hydrogen-bond acceptors (Lipinski definition) is 2. The molecule has 1 saturated carbocycles. The van der Waals surface area contributed by atoms with Crippen molar-refractivity contribution in [3.8, 4) is 0 Å². The maximum Gasteiger partial charge on any atom is 0.338 e. The molecule has 0 aromatic heterocycles. The van der Waals surface area contributed by atoms with Crippen LogP contribution < -0.4 is 0 Å². The lowest BCUT2D eigenvalue weighted by Crippen LogP contribution is -2.34. The van der Waals surface area contributed by atoms with Gasteiger partial charge in [0.25, 0.3) is 0 Å². The highest BCUT2D eigenvalue weighted by Gasteiger charge is 2.36. The summed E-state index contributed by atoms with van der Waals surface area (Å²) in [5.74, 6) is 1.34. The predicted octanol–water partition coefficient (Wildman–Crippen LogP) is 6.25. The predicted molar refractivity (Wildman–Crippen MR) is 100 cm³/mol. The van der Waals surface area contributed by atoms with Crippen LogP contribution in [0, 0.1) is 17.3 Å². The molecule has 0 saturated heterocycles. The van der Waals surface area contributed by atoms with Crippen LogP contribution in [0.1, 0.15) is 83.0 Å². The Kier molecular flexibility index (Phi) is 6.89. The van der Waals surface area contributed by atoms with Crippen LogP contribution in [0.3, 0.4) is 0 Å². The quantitative estimate of drug-likeness (QED) is 0.552. The normalized spacial score (nSPS) is 24.3. The molecule has 3 atom stereocenters. The zero-order valence-electron chi connectivity index (χ0n) is 15.9. The second kappa shape index (κ2) is 8.69. The van der Waals surface area contributed by atoms with Crippen molar-refractivity contribution in [2.75, 3.05) is 0 Å². The Hall–Kier alpha value is -1.31. The molecular formula is C22H34O2. The van der Waals surface area contributed by atoms with E-state index < -0.39 is 0 Å². The van der Waals surface area contributed by atoms with E-state index in [1.165, 1.54) is 25.7 Å². The molecule has 0 aliphatic heterocycles. The van der Waals surface area contributed by atoms with Crippen LogP contribution in [0.25, 0.3) is 0 Å². The molecule has 24 heavy (non-hydrogen) atoms. The van der Waals surface area contributed by atoms with E-state index in [2.05, 4.69) is 27.7 Å². The van der Waals surface area contributed by atoms with Gasteiger partial charge in [0, 0.05) is 0 Å². The Labute approximate surface area is 148 Å². The van der Waals surface area contributed by atoms with Crippen molar-refractivity contribution in [2.45, 2.75) is 78.7 Å². The van der Waals surface area contributed by atoms with E-state index >= 15 is 0 Å². The van der Waals surface area contributed by atoms with E-state index in [-0.39, 0.29) is 12.1 Å². The Morgan fingerprint density at radius 1 is 1.25 bits per heavy atom. The number of hydrogen-bond donors (Lipinski definition) is 0. The minimum atomic E-state index is -0.176. The summed E-state index contributed by atoms with van der Waals surface area (Å²) in [7, 11) is 0. The lowest BCUT2D eigenvalue weighted by molar-refractivity contribution is 0.0160. The summed E-state index contributed by atoms with van der Waals surface area (Å²) in [5, 5.41) is 0. The average Bonchev–Trinajstić information content (AvgIpc) is 2.54. The molecule has 2 heteroatoms. The molecule has 1 aliphatic rings. The second-order valence-corrected chi connectivity index (χ2v) is 8.22. The molecule has 2 rings (SSSR count). The lowest BCUT2D eigenvalue weighted by Gasteiger charge is -2.43. The van der Waals surface area contributed by atoms with Crippen molar-refractivity contribution in [3.63, 3.8) is 0 Å². The highest BCUT2D eigenvalue weighted by atomic mass is 16.5. The van der Waals surface area contributed by atoms with Crippen molar-refractivity contribution in [3.05, 3.63) is 35.9 Å². The Bertz CT molecular complexity index is 506. The van der Waals surface area contributed by atoms with Crippen LogP contribution in [0.2, 0.25) is 0 Å². The van der Waals surface area contributed by atoms with Crippen molar-refractivity contribution in [2.24, 2.45) is 17.3 Å². The summed E-state index contributed by atoms with van der Waals surface area (Å²) in [4.78, 5) is 12.4. The molecule has 134 valence electrons. The molecule has 1 unspecified atom stereocenters. The first-order valence-corrected chi connectivity index (χ1v) is 9.70. The largest absolute Gasteiger partial charge is 0.459 e. The first-order chi connectivity index (χ1) is 11.4. The monoisotopic (exact) mass is 330 g/mol.